The molecule has 0 radical (unpaired) electrons. The zero-order valence-electron chi connectivity index (χ0n) is 14.1. The van der Waals surface area contributed by atoms with Gasteiger partial charge in [0.1, 0.15) is 17.7 Å². The van der Waals surface area contributed by atoms with E-state index in [0.717, 1.165) is 5.56 Å². The monoisotopic (exact) mass is 353 g/mol. The summed E-state index contributed by atoms with van der Waals surface area (Å²) < 4.78 is 10.3. The van der Waals surface area contributed by atoms with Gasteiger partial charge in [0.25, 0.3) is 11.6 Å². The van der Waals surface area contributed by atoms with Crippen LogP contribution in [-0.4, -0.2) is 22.9 Å². The third-order valence-corrected chi connectivity index (χ3v) is 3.70. The Hall–Kier alpha value is -3.68. The molecular formula is C18H15N3O5. The van der Waals surface area contributed by atoms with Crippen molar-refractivity contribution in [2.75, 3.05) is 12.4 Å². The van der Waals surface area contributed by atoms with E-state index in [9.17, 15) is 14.9 Å². The summed E-state index contributed by atoms with van der Waals surface area (Å²) >= 11 is 0. The number of carbonyl (C=O) groups excluding carboxylic acids is 1. The van der Waals surface area contributed by atoms with E-state index in [1.807, 2.05) is 0 Å². The molecule has 0 fully saturated rings. The molecule has 2 aromatic carbocycles. The first kappa shape index (κ1) is 17.2. The van der Waals surface area contributed by atoms with Gasteiger partial charge in [0.05, 0.1) is 17.6 Å². The number of aromatic nitrogens is 1. The summed E-state index contributed by atoms with van der Waals surface area (Å²) in [7, 11) is 1.40. The Morgan fingerprint density at radius 3 is 2.54 bits per heavy atom. The average molecular weight is 353 g/mol. The Bertz CT molecular complexity index is 963. The van der Waals surface area contributed by atoms with Crippen LogP contribution in [0.2, 0.25) is 0 Å². The number of nitro benzene ring substituents is 1. The van der Waals surface area contributed by atoms with Crippen LogP contribution in [-0.2, 0) is 0 Å². The molecule has 132 valence electrons. The van der Waals surface area contributed by atoms with E-state index in [2.05, 4.69) is 10.3 Å². The number of rotatable bonds is 5. The molecule has 0 aliphatic rings. The second-order valence-electron chi connectivity index (χ2n) is 5.42. The van der Waals surface area contributed by atoms with Crippen molar-refractivity contribution in [3.05, 3.63) is 70.3 Å². The van der Waals surface area contributed by atoms with Crippen molar-refractivity contribution in [3.8, 4) is 17.0 Å². The number of amides is 1. The SMILES string of the molecule is COc1ccc([N+](=O)[O-])cc1C(=O)Nc1ccc(-c2coc(C)n2)cc1. The lowest BCUT2D eigenvalue weighted by molar-refractivity contribution is -0.384. The quantitative estimate of drug-likeness (QED) is 0.552. The van der Waals surface area contributed by atoms with E-state index in [4.69, 9.17) is 9.15 Å². The Morgan fingerprint density at radius 1 is 1.23 bits per heavy atom. The van der Waals surface area contributed by atoms with Crippen molar-refractivity contribution in [1.82, 2.24) is 4.98 Å². The lowest BCUT2D eigenvalue weighted by atomic mass is 10.1. The third kappa shape index (κ3) is 3.54. The maximum absolute atomic E-state index is 12.5. The molecular weight excluding hydrogens is 338 g/mol. The topological polar surface area (TPSA) is 108 Å². The Morgan fingerprint density at radius 2 is 1.96 bits per heavy atom. The van der Waals surface area contributed by atoms with E-state index in [1.54, 1.807) is 37.5 Å². The summed E-state index contributed by atoms with van der Waals surface area (Å²) in [5.74, 6) is 0.313. The Labute approximate surface area is 148 Å². The molecule has 3 rings (SSSR count). The number of oxazole rings is 1. The molecule has 0 aliphatic carbocycles. The first-order valence-corrected chi connectivity index (χ1v) is 7.64. The molecule has 0 spiro atoms. The molecule has 0 bridgehead atoms. The van der Waals surface area contributed by atoms with Gasteiger partial charge in [-0.1, -0.05) is 12.1 Å². The van der Waals surface area contributed by atoms with Crippen molar-refractivity contribution >= 4 is 17.3 Å². The zero-order valence-corrected chi connectivity index (χ0v) is 14.1. The number of nitro groups is 1. The van der Waals surface area contributed by atoms with Gasteiger partial charge in [0.2, 0.25) is 0 Å². The second-order valence-corrected chi connectivity index (χ2v) is 5.42. The summed E-state index contributed by atoms with van der Waals surface area (Å²) in [6, 6.07) is 10.9. The van der Waals surface area contributed by atoms with Crippen LogP contribution in [0.25, 0.3) is 11.3 Å². The van der Waals surface area contributed by atoms with Crippen LogP contribution in [0, 0.1) is 17.0 Å². The van der Waals surface area contributed by atoms with Gasteiger partial charge in [-0.05, 0) is 18.2 Å². The lowest BCUT2D eigenvalue weighted by Gasteiger charge is -2.09. The van der Waals surface area contributed by atoms with Crippen molar-refractivity contribution in [3.63, 3.8) is 0 Å². The molecule has 0 aliphatic heterocycles. The van der Waals surface area contributed by atoms with E-state index >= 15 is 0 Å². The van der Waals surface area contributed by atoms with E-state index in [1.165, 1.54) is 25.3 Å². The van der Waals surface area contributed by atoms with E-state index in [-0.39, 0.29) is 17.0 Å². The van der Waals surface area contributed by atoms with Gasteiger partial charge < -0.3 is 14.5 Å². The number of nitrogens with zero attached hydrogens (tertiary/aromatic N) is 2. The number of benzene rings is 2. The molecule has 8 heteroatoms. The first-order valence-electron chi connectivity index (χ1n) is 7.64. The van der Waals surface area contributed by atoms with Crippen LogP contribution in [0.5, 0.6) is 5.75 Å². The normalized spacial score (nSPS) is 10.4. The van der Waals surface area contributed by atoms with Crippen LogP contribution in [0.4, 0.5) is 11.4 Å². The van der Waals surface area contributed by atoms with Gasteiger partial charge in [-0.3, -0.25) is 14.9 Å². The number of non-ortho nitro benzene ring substituents is 1. The number of aryl methyl sites for hydroxylation is 1. The molecule has 1 aromatic heterocycles. The predicted octanol–water partition coefficient (Wildman–Crippen LogP) is 3.82. The molecule has 1 amide bonds. The number of anilines is 1. The minimum absolute atomic E-state index is 0.0814. The second kappa shape index (κ2) is 7.06. The molecule has 0 atom stereocenters. The van der Waals surface area contributed by atoms with Crippen LogP contribution >= 0.6 is 0 Å². The standard InChI is InChI=1S/C18H15N3O5/c1-11-19-16(10-26-11)12-3-5-13(6-4-12)20-18(22)15-9-14(21(23)24)7-8-17(15)25-2/h3-10H,1-2H3,(H,20,22). The van der Waals surface area contributed by atoms with E-state index in [0.29, 0.717) is 17.3 Å². The minimum atomic E-state index is -0.565. The molecule has 0 unspecified atom stereocenters. The highest BCUT2D eigenvalue weighted by atomic mass is 16.6. The summed E-state index contributed by atoms with van der Waals surface area (Å²) in [5, 5.41) is 13.6. The fraction of sp³-hybridized carbons (Fsp3) is 0.111. The number of hydrogen-bond donors (Lipinski definition) is 1. The maximum atomic E-state index is 12.5. The lowest BCUT2D eigenvalue weighted by Crippen LogP contribution is -2.13. The Balaban J connectivity index is 1.81. The molecule has 1 heterocycles. The van der Waals surface area contributed by atoms with Crippen LogP contribution in [0.1, 0.15) is 16.2 Å². The van der Waals surface area contributed by atoms with Crippen LogP contribution < -0.4 is 10.1 Å². The fourth-order valence-corrected chi connectivity index (χ4v) is 2.41. The number of hydrogen-bond acceptors (Lipinski definition) is 6. The predicted molar refractivity (Wildman–Crippen MR) is 94.3 cm³/mol. The minimum Gasteiger partial charge on any atom is -0.496 e. The fourth-order valence-electron chi connectivity index (χ4n) is 2.41. The smallest absolute Gasteiger partial charge is 0.270 e. The van der Waals surface area contributed by atoms with Gasteiger partial charge >= 0.3 is 0 Å². The van der Waals surface area contributed by atoms with Crippen LogP contribution in [0.15, 0.2) is 53.1 Å². The highest BCUT2D eigenvalue weighted by molar-refractivity contribution is 6.06. The highest BCUT2D eigenvalue weighted by Gasteiger charge is 2.17. The van der Waals surface area contributed by atoms with Crippen molar-refractivity contribution in [2.45, 2.75) is 6.92 Å². The van der Waals surface area contributed by atoms with Crippen molar-refractivity contribution < 1.29 is 18.9 Å². The summed E-state index contributed by atoms with van der Waals surface area (Å²) in [6.07, 6.45) is 1.55. The molecule has 0 saturated carbocycles. The van der Waals surface area contributed by atoms with Gasteiger partial charge in [-0.25, -0.2) is 4.98 Å². The molecule has 0 saturated heterocycles. The Kier molecular flexibility index (Phi) is 4.66. The number of carbonyl (C=O) groups is 1. The molecule has 1 N–H and O–H groups in total. The summed E-state index contributed by atoms with van der Waals surface area (Å²) in [4.78, 5) is 27.1. The van der Waals surface area contributed by atoms with Gasteiger partial charge in [0.15, 0.2) is 5.89 Å². The van der Waals surface area contributed by atoms with Crippen molar-refractivity contribution in [1.29, 1.82) is 0 Å². The zero-order chi connectivity index (χ0) is 18.7. The largest absolute Gasteiger partial charge is 0.496 e. The van der Waals surface area contributed by atoms with Gasteiger partial charge in [-0.15, -0.1) is 0 Å². The maximum Gasteiger partial charge on any atom is 0.270 e. The highest BCUT2D eigenvalue weighted by Crippen LogP contribution is 2.26. The molecule has 26 heavy (non-hydrogen) atoms. The number of methoxy groups -OCH3 is 1. The third-order valence-electron chi connectivity index (χ3n) is 3.70. The van der Waals surface area contributed by atoms with E-state index < -0.39 is 10.8 Å². The van der Waals surface area contributed by atoms with Crippen molar-refractivity contribution in [2.24, 2.45) is 0 Å². The average Bonchev–Trinajstić information content (AvgIpc) is 3.08. The van der Waals surface area contributed by atoms with Gasteiger partial charge in [0, 0.05) is 30.3 Å². The summed E-state index contributed by atoms with van der Waals surface area (Å²) in [6.45, 7) is 1.75. The van der Waals surface area contributed by atoms with Gasteiger partial charge in [-0.2, -0.15) is 0 Å². The molecule has 3 aromatic rings. The number of ether oxygens (including phenoxy) is 1. The number of nitrogens with one attached hydrogen (secondary N) is 1. The molecule has 8 nitrogen and oxygen atoms in total. The first-order chi connectivity index (χ1) is 12.5. The van der Waals surface area contributed by atoms with Crippen LogP contribution in [0.3, 0.4) is 0 Å². The summed E-state index contributed by atoms with van der Waals surface area (Å²) in [5.41, 5.74) is 1.96.